The van der Waals surface area contributed by atoms with Gasteiger partial charge in [0.1, 0.15) is 18.2 Å². The van der Waals surface area contributed by atoms with Gasteiger partial charge in [-0.2, -0.15) is 10.1 Å². The zero-order chi connectivity index (χ0) is 18.0. The van der Waals surface area contributed by atoms with Crippen molar-refractivity contribution in [2.75, 3.05) is 13.1 Å². The number of hydrogen-bond donors (Lipinski definition) is 5. The summed E-state index contributed by atoms with van der Waals surface area (Å²) in [4.78, 5) is 27.2. The number of piperazine rings is 1. The zero-order valence-corrected chi connectivity index (χ0v) is 13.7. The fourth-order valence-corrected chi connectivity index (χ4v) is 2.70. The first-order chi connectivity index (χ1) is 11.2. The number of urea groups is 2. The Morgan fingerprint density at radius 1 is 1.33 bits per heavy atom. The van der Waals surface area contributed by atoms with Gasteiger partial charge in [-0.15, -0.1) is 0 Å². The minimum absolute atomic E-state index is 0.143. The number of nitrogens with two attached hydrogens (primary N) is 4. The van der Waals surface area contributed by atoms with E-state index >= 15 is 0 Å². The molecule has 4 amide bonds. The summed E-state index contributed by atoms with van der Waals surface area (Å²) >= 11 is 0. The lowest BCUT2D eigenvalue weighted by molar-refractivity contribution is -0.0547. The number of carbonyl (C=O) groups excluding carboxylic acids is 2. The first-order valence-electron chi connectivity index (χ1n) is 7.47. The number of hydrazine groups is 3. The van der Waals surface area contributed by atoms with Crippen molar-refractivity contribution in [3.05, 3.63) is 17.7 Å². The normalized spacial score (nSPS) is 21.5. The molecule has 1 aliphatic rings. The van der Waals surface area contributed by atoms with E-state index in [9.17, 15) is 9.59 Å². The fraction of sp³-hybridized carbons (Fsp3) is 0.583. The van der Waals surface area contributed by atoms with Crippen molar-refractivity contribution in [1.82, 2.24) is 30.0 Å². The van der Waals surface area contributed by atoms with Crippen LogP contribution in [0.25, 0.3) is 0 Å². The number of imidazole rings is 1. The summed E-state index contributed by atoms with van der Waals surface area (Å²) in [5.41, 5.74) is 11.3. The van der Waals surface area contributed by atoms with Crippen molar-refractivity contribution in [1.29, 1.82) is 0 Å². The van der Waals surface area contributed by atoms with Gasteiger partial charge in [0.25, 0.3) is 0 Å². The van der Waals surface area contributed by atoms with Crippen molar-refractivity contribution in [3.8, 4) is 0 Å². The lowest BCUT2D eigenvalue weighted by atomic mass is 10.2. The Kier molecular flexibility index (Phi) is 5.23. The number of carbonyl (C=O) groups is 2. The molecule has 134 valence electrons. The molecule has 1 aromatic heterocycles. The minimum Gasteiger partial charge on any atom is -0.350 e. The lowest BCUT2D eigenvalue weighted by Gasteiger charge is -2.44. The van der Waals surface area contributed by atoms with Gasteiger partial charge in [0.05, 0.1) is 18.8 Å². The van der Waals surface area contributed by atoms with E-state index in [-0.39, 0.29) is 12.7 Å². The molecule has 0 radical (unpaired) electrons. The number of hydrogen-bond acceptors (Lipinski definition) is 7. The van der Waals surface area contributed by atoms with Gasteiger partial charge in [0, 0.05) is 12.6 Å². The molecule has 0 saturated carbocycles. The van der Waals surface area contributed by atoms with Crippen molar-refractivity contribution in [3.63, 3.8) is 0 Å². The third-order valence-electron chi connectivity index (χ3n) is 3.85. The molecule has 0 bridgehead atoms. The number of primary amides is 2. The Balaban J connectivity index is 2.32. The second-order valence-electron chi connectivity index (χ2n) is 5.56. The maximum absolute atomic E-state index is 11.4. The molecule has 12 nitrogen and oxygen atoms in total. The van der Waals surface area contributed by atoms with Crippen molar-refractivity contribution < 1.29 is 9.59 Å². The van der Waals surface area contributed by atoms with Crippen LogP contribution in [0.15, 0.2) is 6.20 Å². The van der Waals surface area contributed by atoms with Crippen molar-refractivity contribution >= 4 is 12.1 Å². The zero-order valence-electron chi connectivity index (χ0n) is 13.7. The molecule has 2 heterocycles. The highest BCUT2D eigenvalue weighted by atomic mass is 16.2. The molecule has 1 saturated heterocycles. The highest BCUT2D eigenvalue weighted by Gasteiger charge is 2.35. The Morgan fingerprint density at radius 3 is 2.54 bits per heavy atom. The van der Waals surface area contributed by atoms with Crippen LogP contribution in [-0.2, 0) is 6.42 Å². The van der Waals surface area contributed by atoms with E-state index in [1.807, 2.05) is 24.6 Å². The summed E-state index contributed by atoms with van der Waals surface area (Å²) < 4.78 is 1.91. The van der Waals surface area contributed by atoms with Crippen LogP contribution in [0.5, 0.6) is 0 Å². The van der Waals surface area contributed by atoms with E-state index in [0.29, 0.717) is 13.0 Å². The largest absolute Gasteiger partial charge is 0.350 e. The third kappa shape index (κ3) is 3.56. The molecular formula is C12H24N10O2. The maximum atomic E-state index is 11.4. The molecule has 0 aliphatic carbocycles. The van der Waals surface area contributed by atoms with E-state index in [1.165, 1.54) is 5.01 Å². The maximum Gasteiger partial charge on any atom is 0.344 e. The Bertz CT molecular complexity index is 589. The van der Waals surface area contributed by atoms with Gasteiger partial charge >= 0.3 is 12.1 Å². The lowest BCUT2D eigenvalue weighted by Crippen LogP contribution is -2.69. The summed E-state index contributed by atoms with van der Waals surface area (Å²) in [7, 11) is 0. The summed E-state index contributed by atoms with van der Waals surface area (Å²) in [6, 6.07) is -1.64. The summed E-state index contributed by atoms with van der Waals surface area (Å²) in [6.07, 6.45) is 1.57. The quantitative estimate of drug-likeness (QED) is 0.237. The fourth-order valence-electron chi connectivity index (χ4n) is 2.70. The highest BCUT2D eigenvalue weighted by Crippen LogP contribution is 2.18. The number of nitrogens with zero attached hydrogens (tertiary/aromatic N) is 5. The Labute approximate surface area is 139 Å². The van der Waals surface area contributed by atoms with Gasteiger partial charge in [-0.25, -0.2) is 31.3 Å². The second kappa shape index (κ2) is 7.00. The highest BCUT2D eigenvalue weighted by molar-refractivity contribution is 5.72. The van der Waals surface area contributed by atoms with Crippen LogP contribution in [-0.4, -0.2) is 56.0 Å². The van der Waals surface area contributed by atoms with E-state index < -0.39 is 18.2 Å². The van der Waals surface area contributed by atoms with Gasteiger partial charge in [-0.3, -0.25) is 5.32 Å². The van der Waals surface area contributed by atoms with E-state index in [2.05, 4.69) is 10.3 Å². The summed E-state index contributed by atoms with van der Waals surface area (Å²) in [5, 5.41) is 6.35. The van der Waals surface area contributed by atoms with Crippen LogP contribution in [0, 0.1) is 6.92 Å². The van der Waals surface area contributed by atoms with Crippen LogP contribution in [0.4, 0.5) is 9.59 Å². The topological polar surface area (TPSA) is 178 Å². The number of rotatable bonds is 4. The Hall–Kier alpha value is -2.41. The molecule has 0 aromatic carbocycles. The predicted octanol–water partition coefficient (Wildman–Crippen LogP) is -2.09. The van der Waals surface area contributed by atoms with Crippen LogP contribution >= 0.6 is 0 Å². The van der Waals surface area contributed by atoms with Crippen molar-refractivity contribution in [2.24, 2.45) is 23.2 Å². The summed E-state index contributed by atoms with van der Waals surface area (Å²) in [5.74, 6) is 12.3. The number of aryl methyl sites for hydroxylation is 2. The van der Waals surface area contributed by atoms with Crippen LogP contribution < -0.4 is 28.5 Å². The minimum atomic E-state index is -0.824. The molecule has 1 aliphatic heterocycles. The van der Waals surface area contributed by atoms with E-state index in [0.717, 1.165) is 21.6 Å². The van der Waals surface area contributed by atoms with Gasteiger partial charge in [-0.1, -0.05) is 6.92 Å². The van der Waals surface area contributed by atoms with Gasteiger partial charge < -0.3 is 16.0 Å². The molecule has 2 atom stereocenters. The molecule has 24 heavy (non-hydrogen) atoms. The molecular weight excluding hydrogens is 316 g/mol. The van der Waals surface area contributed by atoms with Gasteiger partial charge in [0.2, 0.25) is 0 Å². The van der Waals surface area contributed by atoms with Crippen LogP contribution in [0.1, 0.15) is 24.6 Å². The molecule has 2 unspecified atom stereocenters. The molecule has 1 aromatic rings. The SMILES string of the molecule is CCc1nc(C)cn1C1CN(N(N)C(N)=O)CC(N(N)C(N)=O)N1. The monoisotopic (exact) mass is 340 g/mol. The second-order valence-corrected chi connectivity index (χ2v) is 5.56. The van der Waals surface area contributed by atoms with Crippen LogP contribution in [0.3, 0.4) is 0 Å². The number of aromatic nitrogens is 2. The average molecular weight is 340 g/mol. The van der Waals surface area contributed by atoms with E-state index in [1.54, 1.807) is 0 Å². The standard InChI is InChI=1S/C12H24N10O2/c1-3-8-17-7(2)4-20(8)9-5-19(22(16)12(14)24)6-10(18-9)21(15)11(13)23/h4,9-10,18H,3,5-6,15-16H2,1-2H3,(H2,13,23)(H2,14,24). The Morgan fingerprint density at radius 2 is 2.00 bits per heavy atom. The molecule has 0 spiro atoms. The first kappa shape index (κ1) is 17.9. The molecule has 12 heteroatoms. The van der Waals surface area contributed by atoms with E-state index in [4.69, 9.17) is 23.2 Å². The molecule has 9 N–H and O–H groups in total. The molecule has 1 fully saturated rings. The third-order valence-corrected chi connectivity index (χ3v) is 3.85. The predicted molar refractivity (Wildman–Crippen MR) is 85.1 cm³/mol. The van der Waals surface area contributed by atoms with Gasteiger partial charge in [0.15, 0.2) is 0 Å². The molecule has 2 rings (SSSR count). The van der Waals surface area contributed by atoms with Crippen LogP contribution in [0.2, 0.25) is 0 Å². The average Bonchev–Trinajstić information content (AvgIpc) is 2.93. The van der Waals surface area contributed by atoms with Crippen molar-refractivity contribution in [2.45, 2.75) is 32.6 Å². The first-order valence-corrected chi connectivity index (χ1v) is 7.47. The van der Waals surface area contributed by atoms with Gasteiger partial charge in [-0.05, 0) is 6.92 Å². The number of amides is 4. The smallest absolute Gasteiger partial charge is 0.344 e. The summed E-state index contributed by atoms with van der Waals surface area (Å²) in [6.45, 7) is 4.33. The number of nitrogens with one attached hydrogen (secondary N) is 1.